The average molecular weight is 392 g/mol. The molecule has 4 rings (SSSR count). The Labute approximate surface area is 174 Å². The maximum absolute atomic E-state index is 13.8. The van der Waals surface area contributed by atoms with Crippen molar-refractivity contribution in [2.24, 2.45) is 0 Å². The van der Waals surface area contributed by atoms with Gasteiger partial charge in [0, 0.05) is 18.3 Å². The zero-order valence-corrected chi connectivity index (χ0v) is 17.4. The molecule has 1 saturated carbocycles. The first-order valence-corrected chi connectivity index (χ1v) is 11.0. The minimum Gasteiger partial charge on any atom is -0.342 e. The summed E-state index contributed by atoms with van der Waals surface area (Å²) in [6.07, 6.45) is 8.75. The lowest BCUT2D eigenvalue weighted by atomic mass is 9.93. The Bertz CT molecular complexity index is 906. The first kappa shape index (κ1) is 19.9. The summed E-state index contributed by atoms with van der Waals surface area (Å²) in [6.45, 7) is 4.90. The Morgan fingerprint density at radius 1 is 0.897 bits per heavy atom. The Hall–Kier alpha value is -2.39. The number of nitrogens with one attached hydrogen (secondary N) is 1. The van der Waals surface area contributed by atoms with Gasteiger partial charge in [0.2, 0.25) is 0 Å². The fourth-order valence-electron chi connectivity index (χ4n) is 4.66. The molecule has 3 aromatic rings. The monoisotopic (exact) mass is 391 g/mol. The van der Waals surface area contributed by atoms with E-state index in [-0.39, 0.29) is 5.82 Å². The molecule has 1 heterocycles. The van der Waals surface area contributed by atoms with Gasteiger partial charge in [-0.05, 0) is 62.4 Å². The zero-order chi connectivity index (χ0) is 20.1. The van der Waals surface area contributed by atoms with Crippen molar-refractivity contribution < 1.29 is 9.29 Å². The quantitative estimate of drug-likeness (QED) is 0.587. The van der Waals surface area contributed by atoms with Crippen molar-refractivity contribution in [3.8, 4) is 0 Å². The highest BCUT2D eigenvalue weighted by atomic mass is 19.1. The molecule has 0 spiro atoms. The van der Waals surface area contributed by atoms with Crippen LogP contribution in [0.5, 0.6) is 0 Å². The molecule has 0 radical (unpaired) electrons. The molecular weight excluding hydrogens is 359 g/mol. The number of aryl methyl sites for hydroxylation is 1. The van der Waals surface area contributed by atoms with E-state index in [1.165, 1.54) is 55.0 Å². The van der Waals surface area contributed by atoms with E-state index in [9.17, 15) is 4.39 Å². The third-order valence-corrected chi connectivity index (χ3v) is 6.31. The molecule has 1 fully saturated rings. The number of halogens is 1. The van der Waals surface area contributed by atoms with Gasteiger partial charge in [-0.1, -0.05) is 48.4 Å². The first-order chi connectivity index (χ1) is 14.2. The predicted molar refractivity (Wildman–Crippen MR) is 116 cm³/mol. The highest BCUT2D eigenvalue weighted by Gasteiger charge is 2.26. The van der Waals surface area contributed by atoms with Crippen LogP contribution in [0.1, 0.15) is 54.5 Å². The normalized spacial score (nSPS) is 16.1. The van der Waals surface area contributed by atoms with E-state index < -0.39 is 0 Å². The van der Waals surface area contributed by atoms with Crippen molar-refractivity contribution in [2.45, 2.75) is 64.7 Å². The molecule has 1 unspecified atom stereocenters. The molecular formula is C26H32FN2+. The van der Waals surface area contributed by atoms with Gasteiger partial charge in [-0.15, -0.1) is 0 Å². The van der Waals surface area contributed by atoms with Crippen LogP contribution in [0.2, 0.25) is 0 Å². The number of hydrogen-bond donors (Lipinski definition) is 1. The van der Waals surface area contributed by atoms with Gasteiger partial charge in [0.1, 0.15) is 18.9 Å². The SMILES string of the molecule is Cc1ccc(Cn2cccc2C[NH+](Cc2cccc(F)c2)C2CCCCC2)cc1. The number of aromatic nitrogens is 1. The van der Waals surface area contributed by atoms with Gasteiger partial charge < -0.3 is 9.47 Å². The molecule has 1 atom stereocenters. The fourth-order valence-corrected chi connectivity index (χ4v) is 4.66. The molecule has 1 aliphatic rings. The Morgan fingerprint density at radius 3 is 2.45 bits per heavy atom. The summed E-state index contributed by atoms with van der Waals surface area (Å²) < 4.78 is 16.1. The molecule has 1 aromatic heterocycles. The standard InChI is InChI=1S/C26H31FN2/c1-21-12-14-22(15-13-21)18-28-16-6-11-26(28)20-29(25-9-3-2-4-10-25)19-23-7-5-8-24(27)17-23/h5-8,11-17,25H,2-4,9-10,18-20H2,1H3/p+1. The summed E-state index contributed by atoms with van der Waals surface area (Å²) in [7, 11) is 0. The summed E-state index contributed by atoms with van der Waals surface area (Å²) in [5.74, 6) is -0.131. The predicted octanol–water partition coefficient (Wildman–Crippen LogP) is 4.90. The number of quaternary nitrogens is 1. The number of hydrogen-bond acceptors (Lipinski definition) is 0. The van der Waals surface area contributed by atoms with E-state index in [4.69, 9.17) is 0 Å². The zero-order valence-electron chi connectivity index (χ0n) is 17.4. The van der Waals surface area contributed by atoms with E-state index in [2.05, 4.69) is 60.2 Å². The summed E-state index contributed by atoms with van der Waals surface area (Å²) in [5.41, 5.74) is 5.09. The molecule has 152 valence electrons. The number of benzene rings is 2. The second kappa shape index (κ2) is 9.41. The van der Waals surface area contributed by atoms with Gasteiger partial charge in [-0.3, -0.25) is 0 Å². The Balaban J connectivity index is 1.52. The summed E-state index contributed by atoms with van der Waals surface area (Å²) in [5, 5.41) is 0. The van der Waals surface area contributed by atoms with Gasteiger partial charge in [0.25, 0.3) is 0 Å². The molecule has 1 N–H and O–H groups in total. The number of nitrogens with zero attached hydrogens (tertiary/aromatic N) is 1. The van der Waals surface area contributed by atoms with Crippen molar-refractivity contribution in [1.29, 1.82) is 0 Å². The van der Waals surface area contributed by atoms with Crippen molar-refractivity contribution in [3.05, 3.63) is 95.1 Å². The van der Waals surface area contributed by atoms with E-state index in [0.29, 0.717) is 6.04 Å². The van der Waals surface area contributed by atoms with Crippen LogP contribution in [-0.4, -0.2) is 10.6 Å². The van der Waals surface area contributed by atoms with Gasteiger partial charge in [0.05, 0.1) is 11.7 Å². The first-order valence-electron chi connectivity index (χ1n) is 11.0. The largest absolute Gasteiger partial charge is 0.342 e. The Kier molecular flexibility index (Phi) is 6.46. The molecule has 29 heavy (non-hydrogen) atoms. The third kappa shape index (κ3) is 5.36. The van der Waals surface area contributed by atoms with Crippen LogP contribution in [0.25, 0.3) is 0 Å². The van der Waals surface area contributed by atoms with E-state index >= 15 is 0 Å². The maximum atomic E-state index is 13.8. The van der Waals surface area contributed by atoms with Crippen molar-refractivity contribution in [3.63, 3.8) is 0 Å². The molecule has 0 aliphatic heterocycles. The number of rotatable bonds is 7. The molecule has 0 saturated heterocycles. The average Bonchev–Trinajstić information content (AvgIpc) is 3.16. The van der Waals surface area contributed by atoms with Crippen molar-refractivity contribution in [2.75, 3.05) is 0 Å². The molecule has 2 aromatic carbocycles. The van der Waals surface area contributed by atoms with Crippen LogP contribution < -0.4 is 4.90 Å². The fraction of sp³-hybridized carbons (Fsp3) is 0.385. The second-order valence-corrected chi connectivity index (χ2v) is 8.59. The maximum Gasteiger partial charge on any atom is 0.123 e. The van der Waals surface area contributed by atoms with Crippen LogP contribution in [0.4, 0.5) is 4.39 Å². The molecule has 0 amide bonds. The van der Waals surface area contributed by atoms with Gasteiger partial charge >= 0.3 is 0 Å². The van der Waals surface area contributed by atoms with E-state index in [1.807, 2.05) is 6.07 Å². The highest BCUT2D eigenvalue weighted by Crippen LogP contribution is 2.17. The van der Waals surface area contributed by atoms with Crippen LogP contribution in [-0.2, 0) is 19.6 Å². The molecule has 1 aliphatic carbocycles. The summed E-state index contributed by atoms with van der Waals surface area (Å²) in [6, 6.07) is 21.0. The van der Waals surface area contributed by atoms with E-state index in [0.717, 1.165) is 25.2 Å². The summed E-state index contributed by atoms with van der Waals surface area (Å²) in [4.78, 5) is 1.57. The van der Waals surface area contributed by atoms with Crippen molar-refractivity contribution >= 4 is 0 Å². The van der Waals surface area contributed by atoms with Crippen LogP contribution in [0.15, 0.2) is 66.9 Å². The topological polar surface area (TPSA) is 9.37 Å². The minimum atomic E-state index is -0.131. The highest BCUT2D eigenvalue weighted by molar-refractivity contribution is 5.22. The lowest BCUT2D eigenvalue weighted by molar-refractivity contribution is -0.953. The molecule has 3 heteroatoms. The van der Waals surface area contributed by atoms with Crippen LogP contribution in [0, 0.1) is 12.7 Å². The Morgan fingerprint density at radius 2 is 1.69 bits per heavy atom. The van der Waals surface area contributed by atoms with E-state index in [1.54, 1.807) is 11.0 Å². The van der Waals surface area contributed by atoms with Crippen LogP contribution in [0.3, 0.4) is 0 Å². The summed E-state index contributed by atoms with van der Waals surface area (Å²) >= 11 is 0. The molecule has 2 nitrogen and oxygen atoms in total. The third-order valence-electron chi connectivity index (χ3n) is 6.31. The lowest BCUT2D eigenvalue weighted by Gasteiger charge is -2.32. The van der Waals surface area contributed by atoms with Crippen LogP contribution >= 0.6 is 0 Å². The lowest BCUT2D eigenvalue weighted by Crippen LogP contribution is -3.13. The van der Waals surface area contributed by atoms with Gasteiger partial charge in [-0.25, -0.2) is 4.39 Å². The second-order valence-electron chi connectivity index (χ2n) is 8.59. The smallest absolute Gasteiger partial charge is 0.123 e. The molecule has 0 bridgehead atoms. The van der Waals surface area contributed by atoms with Gasteiger partial charge in [-0.2, -0.15) is 0 Å². The minimum absolute atomic E-state index is 0.131. The van der Waals surface area contributed by atoms with Gasteiger partial charge in [0.15, 0.2) is 0 Å². The van der Waals surface area contributed by atoms with Crippen molar-refractivity contribution in [1.82, 2.24) is 4.57 Å².